The van der Waals surface area contributed by atoms with E-state index in [1.807, 2.05) is 0 Å². The maximum atomic E-state index is 11.0. The molecule has 0 radical (unpaired) electrons. The van der Waals surface area contributed by atoms with Crippen molar-refractivity contribution < 1.29 is 24.9 Å². The number of aromatic carboxylic acids is 2. The average Bonchev–Trinajstić information content (AvgIpc) is 2.25. The second-order valence-electron chi connectivity index (χ2n) is 3.28. The fraction of sp³-hybridized carbons (Fsp3) is 0.273. The number of aryl methyl sites for hydroxylation is 1. The molecule has 86 valence electrons. The molecular formula is C11H12O5. The van der Waals surface area contributed by atoms with Gasteiger partial charge >= 0.3 is 11.9 Å². The van der Waals surface area contributed by atoms with Crippen LogP contribution in [0, 0.1) is 0 Å². The predicted octanol–water partition coefficient (Wildman–Crippen LogP) is 1.01. The Balaban J connectivity index is 3.21. The number of rotatable bonds is 5. The van der Waals surface area contributed by atoms with Gasteiger partial charge in [-0.05, 0) is 24.5 Å². The van der Waals surface area contributed by atoms with Crippen molar-refractivity contribution >= 4 is 11.9 Å². The highest BCUT2D eigenvalue weighted by Gasteiger charge is 2.19. The number of carbonyl (C=O) groups is 2. The molecule has 0 bridgehead atoms. The third-order valence-electron chi connectivity index (χ3n) is 2.20. The van der Waals surface area contributed by atoms with Crippen molar-refractivity contribution in [3.8, 4) is 0 Å². The van der Waals surface area contributed by atoms with Gasteiger partial charge in [-0.1, -0.05) is 12.1 Å². The molecule has 0 spiro atoms. The summed E-state index contributed by atoms with van der Waals surface area (Å²) in [6.45, 7) is -0.0592. The van der Waals surface area contributed by atoms with E-state index >= 15 is 0 Å². The number of carboxylic acid groups (broad SMARTS) is 2. The first-order valence-electron chi connectivity index (χ1n) is 4.77. The molecule has 0 aromatic heterocycles. The Morgan fingerprint density at radius 1 is 1.12 bits per heavy atom. The number of hydrogen-bond acceptors (Lipinski definition) is 3. The molecule has 0 heterocycles. The Bertz CT molecular complexity index is 411. The van der Waals surface area contributed by atoms with Crippen molar-refractivity contribution in [3.63, 3.8) is 0 Å². The van der Waals surface area contributed by atoms with Gasteiger partial charge in [0.05, 0.1) is 11.1 Å². The maximum absolute atomic E-state index is 11.0. The molecule has 5 nitrogen and oxygen atoms in total. The molecule has 0 aliphatic rings. The average molecular weight is 224 g/mol. The Morgan fingerprint density at radius 2 is 1.81 bits per heavy atom. The van der Waals surface area contributed by atoms with Crippen LogP contribution in [0.4, 0.5) is 0 Å². The van der Waals surface area contributed by atoms with Crippen LogP contribution in [0.15, 0.2) is 18.2 Å². The first-order chi connectivity index (χ1) is 7.57. The van der Waals surface area contributed by atoms with E-state index in [0.717, 1.165) is 0 Å². The Labute approximate surface area is 92.0 Å². The molecule has 0 aliphatic heterocycles. The summed E-state index contributed by atoms with van der Waals surface area (Å²) < 4.78 is 0. The van der Waals surface area contributed by atoms with Gasteiger partial charge in [0, 0.05) is 6.61 Å². The zero-order chi connectivity index (χ0) is 12.1. The lowest BCUT2D eigenvalue weighted by Crippen LogP contribution is -2.11. The number of benzene rings is 1. The van der Waals surface area contributed by atoms with E-state index in [1.165, 1.54) is 12.1 Å². The van der Waals surface area contributed by atoms with Crippen LogP contribution in [0.25, 0.3) is 0 Å². The fourth-order valence-electron chi connectivity index (χ4n) is 1.51. The lowest BCUT2D eigenvalue weighted by Gasteiger charge is -2.07. The molecule has 0 atom stereocenters. The van der Waals surface area contributed by atoms with Gasteiger partial charge in [0.15, 0.2) is 0 Å². The molecule has 5 heteroatoms. The Kier molecular flexibility index (Phi) is 4.02. The lowest BCUT2D eigenvalue weighted by molar-refractivity contribution is 0.0650. The molecule has 3 N–H and O–H groups in total. The van der Waals surface area contributed by atoms with Crippen LogP contribution < -0.4 is 0 Å². The van der Waals surface area contributed by atoms with Crippen molar-refractivity contribution in [1.29, 1.82) is 0 Å². The van der Waals surface area contributed by atoms with E-state index < -0.39 is 11.9 Å². The topological polar surface area (TPSA) is 94.8 Å². The molecule has 0 aliphatic carbocycles. The molecular weight excluding hydrogens is 212 g/mol. The Hall–Kier alpha value is -1.88. The largest absolute Gasteiger partial charge is 0.478 e. The normalized spacial score (nSPS) is 10.1. The van der Waals surface area contributed by atoms with Gasteiger partial charge in [-0.3, -0.25) is 0 Å². The van der Waals surface area contributed by atoms with Gasteiger partial charge < -0.3 is 15.3 Å². The van der Waals surface area contributed by atoms with Gasteiger partial charge in [-0.15, -0.1) is 0 Å². The first kappa shape index (κ1) is 12.2. The molecule has 1 aromatic rings. The molecule has 0 unspecified atom stereocenters. The summed E-state index contributed by atoms with van der Waals surface area (Å²) >= 11 is 0. The number of aliphatic hydroxyl groups excluding tert-OH is 1. The van der Waals surface area contributed by atoms with Crippen LogP contribution in [0.2, 0.25) is 0 Å². The van der Waals surface area contributed by atoms with Crippen LogP contribution in [-0.2, 0) is 6.42 Å². The van der Waals surface area contributed by atoms with Crippen LogP contribution in [-0.4, -0.2) is 33.9 Å². The maximum Gasteiger partial charge on any atom is 0.336 e. The standard InChI is InChI=1S/C11H12O5/c12-6-2-4-7-3-1-5-8(10(13)14)9(7)11(15)16/h1,3,5,12H,2,4,6H2,(H,13,14)(H,15,16). The Morgan fingerprint density at radius 3 is 2.31 bits per heavy atom. The minimum Gasteiger partial charge on any atom is -0.478 e. The summed E-state index contributed by atoms with van der Waals surface area (Å²) in [6, 6.07) is 4.32. The lowest BCUT2D eigenvalue weighted by atomic mass is 9.98. The molecule has 0 saturated heterocycles. The highest BCUT2D eigenvalue weighted by atomic mass is 16.4. The summed E-state index contributed by atoms with van der Waals surface area (Å²) in [5.74, 6) is -2.52. The summed E-state index contributed by atoms with van der Waals surface area (Å²) in [5, 5.41) is 26.5. The van der Waals surface area contributed by atoms with Gasteiger partial charge in [0.2, 0.25) is 0 Å². The van der Waals surface area contributed by atoms with Crippen molar-refractivity contribution in [3.05, 3.63) is 34.9 Å². The van der Waals surface area contributed by atoms with Crippen molar-refractivity contribution in [2.24, 2.45) is 0 Å². The molecule has 0 amide bonds. The fourth-order valence-corrected chi connectivity index (χ4v) is 1.51. The molecule has 0 saturated carbocycles. The van der Waals surface area contributed by atoms with E-state index in [4.69, 9.17) is 15.3 Å². The van der Waals surface area contributed by atoms with Crippen LogP contribution in [0.3, 0.4) is 0 Å². The number of carboxylic acids is 2. The second-order valence-corrected chi connectivity index (χ2v) is 3.28. The smallest absolute Gasteiger partial charge is 0.336 e. The number of aliphatic hydroxyl groups is 1. The van der Waals surface area contributed by atoms with Gasteiger partial charge in [0.25, 0.3) is 0 Å². The molecule has 1 aromatic carbocycles. The van der Waals surface area contributed by atoms with E-state index in [-0.39, 0.29) is 17.7 Å². The van der Waals surface area contributed by atoms with E-state index in [1.54, 1.807) is 6.07 Å². The van der Waals surface area contributed by atoms with Gasteiger partial charge in [-0.25, -0.2) is 9.59 Å². The highest BCUT2D eigenvalue weighted by Crippen LogP contribution is 2.17. The third kappa shape index (κ3) is 2.58. The second kappa shape index (κ2) is 5.27. The highest BCUT2D eigenvalue weighted by molar-refractivity contribution is 6.02. The first-order valence-corrected chi connectivity index (χ1v) is 4.77. The monoisotopic (exact) mass is 224 g/mol. The van der Waals surface area contributed by atoms with E-state index in [0.29, 0.717) is 18.4 Å². The SMILES string of the molecule is O=C(O)c1cccc(CCCO)c1C(=O)O. The minimum absolute atomic E-state index is 0.0592. The summed E-state index contributed by atoms with van der Waals surface area (Å²) in [7, 11) is 0. The molecule has 0 fully saturated rings. The summed E-state index contributed by atoms with van der Waals surface area (Å²) in [6.07, 6.45) is 0.753. The minimum atomic E-state index is -1.26. The predicted molar refractivity (Wildman–Crippen MR) is 55.8 cm³/mol. The summed E-state index contributed by atoms with van der Waals surface area (Å²) in [4.78, 5) is 21.8. The summed E-state index contributed by atoms with van der Waals surface area (Å²) in [5.41, 5.74) is 0.0211. The molecule has 16 heavy (non-hydrogen) atoms. The van der Waals surface area contributed by atoms with Crippen molar-refractivity contribution in [2.75, 3.05) is 6.61 Å². The third-order valence-corrected chi connectivity index (χ3v) is 2.20. The van der Waals surface area contributed by atoms with Crippen LogP contribution in [0.5, 0.6) is 0 Å². The van der Waals surface area contributed by atoms with Crippen LogP contribution >= 0.6 is 0 Å². The van der Waals surface area contributed by atoms with Gasteiger partial charge in [-0.2, -0.15) is 0 Å². The molecule has 1 rings (SSSR count). The quantitative estimate of drug-likeness (QED) is 0.693. The van der Waals surface area contributed by atoms with Crippen molar-refractivity contribution in [1.82, 2.24) is 0 Å². The zero-order valence-electron chi connectivity index (χ0n) is 8.51. The van der Waals surface area contributed by atoms with Crippen molar-refractivity contribution in [2.45, 2.75) is 12.8 Å². The van der Waals surface area contributed by atoms with Crippen LogP contribution in [0.1, 0.15) is 32.7 Å². The zero-order valence-corrected chi connectivity index (χ0v) is 8.51. The van der Waals surface area contributed by atoms with E-state index in [9.17, 15) is 9.59 Å². The number of hydrogen-bond donors (Lipinski definition) is 3. The van der Waals surface area contributed by atoms with Gasteiger partial charge in [0.1, 0.15) is 0 Å². The van der Waals surface area contributed by atoms with E-state index in [2.05, 4.69) is 0 Å².